The molecule has 0 aliphatic carbocycles. The van der Waals surface area contributed by atoms with Crippen molar-refractivity contribution in [3.63, 3.8) is 0 Å². The van der Waals surface area contributed by atoms with Crippen molar-refractivity contribution in [3.05, 3.63) is 88.3 Å². The Morgan fingerprint density at radius 1 is 1.00 bits per heavy atom. The summed E-state index contributed by atoms with van der Waals surface area (Å²) in [6.45, 7) is 1.31. The Kier molecular flexibility index (Phi) is 7.07. The molecule has 0 saturated carbocycles. The van der Waals surface area contributed by atoms with Gasteiger partial charge < -0.3 is 26.5 Å². The van der Waals surface area contributed by atoms with Crippen LogP contribution in [0.3, 0.4) is 0 Å². The summed E-state index contributed by atoms with van der Waals surface area (Å²) in [4.78, 5) is 57.2. The molecule has 0 bridgehead atoms. The monoisotopic (exact) mass is 487 g/mol. The van der Waals surface area contributed by atoms with Crippen molar-refractivity contribution in [3.8, 4) is 0 Å². The first-order chi connectivity index (χ1) is 17.2. The molecule has 10 heteroatoms. The number of rotatable bonds is 8. The first kappa shape index (κ1) is 24.6. The number of nitrogens with zero attached hydrogens (tertiary/aromatic N) is 1. The van der Waals surface area contributed by atoms with Crippen molar-refractivity contribution in [2.45, 2.75) is 31.5 Å². The van der Waals surface area contributed by atoms with Crippen LogP contribution in [-0.4, -0.2) is 51.0 Å². The molecule has 36 heavy (non-hydrogen) atoms. The number of aliphatic hydroxyl groups excluding tert-OH is 1. The molecular formula is C26H25N5O5. The van der Waals surface area contributed by atoms with Crippen LogP contribution in [0.15, 0.2) is 71.5 Å². The number of nitrogens with two attached hydrogens (primary N) is 1. The SMILES string of the molecule is C[C@H](O)[C@@H](NC(=O)[C@H](Cc1ccc2ccccc2c1)NC(=O)c1nc2ccccc2[nH]c1=O)C(N)=O. The highest BCUT2D eigenvalue weighted by atomic mass is 16.3. The van der Waals surface area contributed by atoms with Crippen LogP contribution in [-0.2, 0) is 16.0 Å². The second-order valence-electron chi connectivity index (χ2n) is 8.47. The minimum atomic E-state index is -1.37. The molecule has 3 amide bonds. The molecule has 10 nitrogen and oxygen atoms in total. The van der Waals surface area contributed by atoms with Crippen LogP contribution in [0.1, 0.15) is 23.0 Å². The molecule has 0 aliphatic rings. The van der Waals surface area contributed by atoms with Gasteiger partial charge in [0.15, 0.2) is 5.69 Å². The fraction of sp³-hybridized carbons (Fsp3) is 0.192. The second-order valence-corrected chi connectivity index (χ2v) is 8.47. The Bertz CT molecular complexity index is 1510. The molecule has 0 aliphatic heterocycles. The Morgan fingerprint density at radius 2 is 1.69 bits per heavy atom. The van der Waals surface area contributed by atoms with Gasteiger partial charge in [-0.3, -0.25) is 19.2 Å². The van der Waals surface area contributed by atoms with Crippen molar-refractivity contribution in [1.29, 1.82) is 0 Å². The zero-order chi connectivity index (χ0) is 25.8. The normalized spacial score (nSPS) is 13.6. The van der Waals surface area contributed by atoms with E-state index in [9.17, 15) is 24.3 Å². The number of fused-ring (bicyclic) bond motifs is 2. The number of nitrogens with one attached hydrogen (secondary N) is 3. The molecule has 0 saturated heterocycles. The van der Waals surface area contributed by atoms with E-state index >= 15 is 0 Å². The van der Waals surface area contributed by atoms with E-state index in [0.717, 1.165) is 16.3 Å². The van der Waals surface area contributed by atoms with Crippen LogP contribution in [0.25, 0.3) is 21.8 Å². The summed E-state index contributed by atoms with van der Waals surface area (Å²) < 4.78 is 0. The number of aliphatic hydroxyl groups is 1. The van der Waals surface area contributed by atoms with Gasteiger partial charge in [-0.05, 0) is 35.4 Å². The smallest absolute Gasteiger partial charge is 0.280 e. The maximum absolute atomic E-state index is 13.1. The lowest BCUT2D eigenvalue weighted by Crippen LogP contribution is -2.57. The van der Waals surface area contributed by atoms with Crippen LogP contribution >= 0.6 is 0 Å². The van der Waals surface area contributed by atoms with E-state index in [1.54, 1.807) is 24.3 Å². The summed E-state index contributed by atoms with van der Waals surface area (Å²) in [6.07, 6.45) is -1.22. The fourth-order valence-corrected chi connectivity index (χ4v) is 3.90. The van der Waals surface area contributed by atoms with Gasteiger partial charge in [-0.25, -0.2) is 4.98 Å². The van der Waals surface area contributed by atoms with Crippen LogP contribution in [0.5, 0.6) is 0 Å². The summed E-state index contributed by atoms with van der Waals surface area (Å²) in [6, 6.07) is 17.4. The quantitative estimate of drug-likeness (QED) is 0.246. The van der Waals surface area contributed by atoms with Gasteiger partial charge in [0.25, 0.3) is 11.5 Å². The summed E-state index contributed by atoms with van der Waals surface area (Å²) in [5.41, 5.74) is 5.78. The predicted molar refractivity (Wildman–Crippen MR) is 134 cm³/mol. The Morgan fingerprint density at radius 3 is 2.42 bits per heavy atom. The second kappa shape index (κ2) is 10.4. The van der Waals surface area contributed by atoms with Gasteiger partial charge in [0.05, 0.1) is 17.1 Å². The molecule has 1 heterocycles. The van der Waals surface area contributed by atoms with E-state index in [0.29, 0.717) is 11.0 Å². The molecular weight excluding hydrogens is 462 g/mol. The molecule has 1 aromatic heterocycles. The van der Waals surface area contributed by atoms with Crippen molar-refractivity contribution in [2.75, 3.05) is 0 Å². The number of para-hydroxylation sites is 2. The summed E-state index contributed by atoms with van der Waals surface area (Å²) in [5.74, 6) is -2.55. The minimum absolute atomic E-state index is 0.0409. The first-order valence-corrected chi connectivity index (χ1v) is 11.3. The lowest BCUT2D eigenvalue weighted by atomic mass is 10.0. The summed E-state index contributed by atoms with van der Waals surface area (Å²) in [5, 5.41) is 16.7. The number of benzene rings is 3. The number of primary amides is 1. The molecule has 184 valence electrons. The highest BCUT2D eigenvalue weighted by Gasteiger charge is 2.29. The van der Waals surface area contributed by atoms with Crippen LogP contribution < -0.4 is 21.9 Å². The van der Waals surface area contributed by atoms with Gasteiger partial charge >= 0.3 is 0 Å². The molecule has 0 radical (unpaired) electrons. The summed E-state index contributed by atoms with van der Waals surface area (Å²) >= 11 is 0. The van der Waals surface area contributed by atoms with Gasteiger partial charge in [0.1, 0.15) is 12.1 Å². The zero-order valence-electron chi connectivity index (χ0n) is 19.4. The number of aromatic amines is 1. The maximum Gasteiger partial charge on any atom is 0.280 e. The number of carbonyl (C=O) groups excluding carboxylic acids is 3. The Labute approximate surface area is 205 Å². The highest BCUT2D eigenvalue weighted by Crippen LogP contribution is 2.17. The lowest BCUT2D eigenvalue weighted by Gasteiger charge is -2.23. The predicted octanol–water partition coefficient (Wildman–Crippen LogP) is 0.768. The lowest BCUT2D eigenvalue weighted by molar-refractivity contribution is -0.130. The number of amides is 3. The zero-order valence-corrected chi connectivity index (χ0v) is 19.4. The minimum Gasteiger partial charge on any atom is -0.391 e. The first-order valence-electron chi connectivity index (χ1n) is 11.3. The van der Waals surface area contributed by atoms with Gasteiger partial charge in [-0.2, -0.15) is 0 Å². The molecule has 4 aromatic rings. The van der Waals surface area contributed by atoms with Crippen molar-refractivity contribution < 1.29 is 19.5 Å². The average molecular weight is 488 g/mol. The van der Waals surface area contributed by atoms with E-state index in [1.807, 2.05) is 42.5 Å². The molecule has 4 rings (SSSR count). The van der Waals surface area contributed by atoms with E-state index in [2.05, 4.69) is 20.6 Å². The van der Waals surface area contributed by atoms with Gasteiger partial charge in [0.2, 0.25) is 11.8 Å². The third kappa shape index (κ3) is 5.39. The standard InChI is InChI=1S/C26H25N5O5/c1-14(32)21(23(27)33)31-24(34)20(13-15-10-11-16-6-2-3-7-17(16)12-15)30-26(36)22-25(35)29-19-9-5-4-8-18(19)28-22/h2-12,14,20-21,32H,13H2,1H3,(H2,27,33)(H,29,35)(H,30,36)(H,31,34)/t14-,20-,21+/m0/s1. The van der Waals surface area contributed by atoms with Gasteiger partial charge in [0, 0.05) is 6.42 Å². The van der Waals surface area contributed by atoms with Crippen LogP contribution in [0.4, 0.5) is 0 Å². The molecule has 0 spiro atoms. The van der Waals surface area contributed by atoms with E-state index in [4.69, 9.17) is 5.73 Å². The van der Waals surface area contributed by atoms with Crippen LogP contribution in [0, 0.1) is 0 Å². The highest BCUT2D eigenvalue weighted by molar-refractivity contribution is 5.98. The fourth-order valence-electron chi connectivity index (χ4n) is 3.90. The molecule has 0 fully saturated rings. The molecule has 3 atom stereocenters. The third-order valence-electron chi connectivity index (χ3n) is 5.78. The number of aromatic nitrogens is 2. The Balaban J connectivity index is 1.65. The third-order valence-corrected chi connectivity index (χ3v) is 5.78. The van der Waals surface area contributed by atoms with Crippen molar-refractivity contribution in [2.24, 2.45) is 5.73 Å². The van der Waals surface area contributed by atoms with Gasteiger partial charge in [-0.1, -0.05) is 54.6 Å². The Hall–Kier alpha value is -4.57. The van der Waals surface area contributed by atoms with Crippen molar-refractivity contribution >= 4 is 39.5 Å². The van der Waals surface area contributed by atoms with Gasteiger partial charge in [-0.15, -0.1) is 0 Å². The number of hydrogen-bond acceptors (Lipinski definition) is 6. The largest absolute Gasteiger partial charge is 0.391 e. The molecule has 3 aromatic carbocycles. The number of hydrogen-bond donors (Lipinski definition) is 5. The van der Waals surface area contributed by atoms with E-state index in [-0.39, 0.29) is 6.42 Å². The van der Waals surface area contributed by atoms with E-state index < -0.39 is 47.2 Å². The van der Waals surface area contributed by atoms with Crippen LogP contribution in [0.2, 0.25) is 0 Å². The number of H-pyrrole nitrogens is 1. The number of carbonyl (C=O) groups is 3. The molecule has 0 unspecified atom stereocenters. The summed E-state index contributed by atoms with van der Waals surface area (Å²) in [7, 11) is 0. The van der Waals surface area contributed by atoms with Crippen molar-refractivity contribution in [1.82, 2.24) is 20.6 Å². The molecule has 6 N–H and O–H groups in total. The topological polar surface area (TPSA) is 167 Å². The average Bonchev–Trinajstić information content (AvgIpc) is 2.85. The maximum atomic E-state index is 13.1. The van der Waals surface area contributed by atoms with E-state index in [1.165, 1.54) is 6.92 Å².